The van der Waals surface area contributed by atoms with Crippen molar-refractivity contribution < 1.29 is 9.53 Å². The molecule has 140 valence electrons. The third kappa shape index (κ3) is 6.26. The molecule has 0 aliphatic rings. The summed E-state index contributed by atoms with van der Waals surface area (Å²) in [5, 5.41) is 3.76. The average Bonchev–Trinajstić information content (AvgIpc) is 2.62. The second kappa shape index (κ2) is 10.5. The van der Waals surface area contributed by atoms with Crippen molar-refractivity contribution in [3.63, 3.8) is 0 Å². The maximum Gasteiger partial charge on any atom is 0.261 e. The fourth-order valence-electron chi connectivity index (χ4n) is 2.56. The monoisotopic (exact) mass is 391 g/mol. The fraction of sp³-hybridized carbons (Fsp3) is 0.381. The van der Waals surface area contributed by atoms with E-state index in [-0.39, 0.29) is 5.91 Å². The number of benzene rings is 2. The molecule has 0 saturated carbocycles. The van der Waals surface area contributed by atoms with Gasteiger partial charge in [-0.1, -0.05) is 54.4 Å². The molecule has 0 aromatic heterocycles. The summed E-state index contributed by atoms with van der Waals surface area (Å²) in [5.41, 5.74) is 3.35. The van der Waals surface area contributed by atoms with Crippen LogP contribution in [0, 0.1) is 13.8 Å². The van der Waals surface area contributed by atoms with Gasteiger partial charge in [-0.15, -0.1) is 0 Å². The molecule has 2 aromatic rings. The number of ether oxygens (including phenoxy) is 1. The van der Waals surface area contributed by atoms with Crippen molar-refractivity contribution in [3.8, 4) is 5.75 Å². The van der Waals surface area contributed by atoms with Crippen LogP contribution < -0.4 is 10.1 Å². The Labute approximate surface area is 165 Å². The SMILES string of the molecule is CC[C@H](Oc1ccc(C)cc1C)C(=O)NCCSCc1ccccc1Cl. The first kappa shape index (κ1) is 20.7. The van der Waals surface area contributed by atoms with Crippen LogP contribution >= 0.6 is 23.4 Å². The number of amides is 1. The highest BCUT2D eigenvalue weighted by Gasteiger charge is 2.18. The highest BCUT2D eigenvalue weighted by molar-refractivity contribution is 7.98. The molecular weight excluding hydrogens is 366 g/mol. The second-order valence-corrected chi connectivity index (χ2v) is 7.73. The van der Waals surface area contributed by atoms with Gasteiger partial charge >= 0.3 is 0 Å². The van der Waals surface area contributed by atoms with Crippen molar-refractivity contribution >= 4 is 29.3 Å². The average molecular weight is 392 g/mol. The summed E-state index contributed by atoms with van der Waals surface area (Å²) in [7, 11) is 0. The van der Waals surface area contributed by atoms with Gasteiger partial charge in [-0.25, -0.2) is 0 Å². The van der Waals surface area contributed by atoms with Crippen LogP contribution in [0.3, 0.4) is 0 Å². The van der Waals surface area contributed by atoms with E-state index in [1.165, 1.54) is 5.56 Å². The van der Waals surface area contributed by atoms with E-state index < -0.39 is 6.10 Å². The Morgan fingerprint density at radius 1 is 1.23 bits per heavy atom. The summed E-state index contributed by atoms with van der Waals surface area (Å²) in [6.07, 6.45) is 0.163. The van der Waals surface area contributed by atoms with Crippen molar-refractivity contribution in [2.75, 3.05) is 12.3 Å². The lowest BCUT2D eigenvalue weighted by Crippen LogP contribution is -2.39. The van der Waals surface area contributed by atoms with E-state index in [1.54, 1.807) is 11.8 Å². The van der Waals surface area contributed by atoms with Crippen molar-refractivity contribution in [3.05, 3.63) is 64.2 Å². The Hall–Kier alpha value is -1.65. The quantitative estimate of drug-likeness (QED) is 0.599. The third-order valence-corrected chi connectivity index (χ3v) is 5.40. The first-order valence-electron chi connectivity index (χ1n) is 8.84. The third-order valence-electron chi connectivity index (χ3n) is 4.02. The summed E-state index contributed by atoms with van der Waals surface area (Å²) < 4.78 is 5.92. The van der Waals surface area contributed by atoms with Gasteiger partial charge in [0.1, 0.15) is 5.75 Å². The minimum absolute atomic E-state index is 0.0641. The number of halogens is 1. The lowest BCUT2D eigenvalue weighted by molar-refractivity contribution is -0.128. The summed E-state index contributed by atoms with van der Waals surface area (Å²) in [5.74, 6) is 2.37. The van der Waals surface area contributed by atoms with Gasteiger partial charge in [-0.05, 0) is 43.5 Å². The number of carbonyl (C=O) groups excluding carboxylic acids is 1. The van der Waals surface area contributed by atoms with Crippen molar-refractivity contribution in [1.29, 1.82) is 0 Å². The largest absolute Gasteiger partial charge is 0.480 e. The highest BCUT2D eigenvalue weighted by Crippen LogP contribution is 2.21. The molecule has 0 heterocycles. The molecule has 26 heavy (non-hydrogen) atoms. The molecular formula is C21H26ClNO2S. The molecule has 1 N–H and O–H groups in total. The predicted octanol–water partition coefficient (Wildman–Crippen LogP) is 5.16. The molecule has 0 unspecified atom stereocenters. The zero-order valence-electron chi connectivity index (χ0n) is 15.5. The topological polar surface area (TPSA) is 38.3 Å². The van der Waals surface area contributed by atoms with E-state index in [0.29, 0.717) is 13.0 Å². The molecule has 1 amide bonds. The molecule has 0 radical (unpaired) electrons. The van der Waals surface area contributed by atoms with Crippen LogP contribution in [0.15, 0.2) is 42.5 Å². The Bertz CT molecular complexity index is 736. The first-order valence-corrected chi connectivity index (χ1v) is 10.4. The van der Waals surface area contributed by atoms with E-state index in [1.807, 2.05) is 57.2 Å². The van der Waals surface area contributed by atoms with Crippen molar-refractivity contribution in [2.24, 2.45) is 0 Å². The molecule has 2 rings (SSSR count). The number of thioether (sulfide) groups is 1. The molecule has 3 nitrogen and oxygen atoms in total. The summed E-state index contributed by atoms with van der Waals surface area (Å²) in [6, 6.07) is 13.8. The van der Waals surface area contributed by atoms with Crippen molar-refractivity contribution in [2.45, 2.75) is 39.0 Å². The van der Waals surface area contributed by atoms with E-state index in [4.69, 9.17) is 16.3 Å². The Morgan fingerprint density at radius 3 is 2.69 bits per heavy atom. The molecule has 0 aliphatic heterocycles. The van der Waals surface area contributed by atoms with Crippen LogP contribution in [-0.2, 0) is 10.5 Å². The van der Waals surface area contributed by atoms with Gasteiger partial charge in [0, 0.05) is 23.1 Å². The minimum Gasteiger partial charge on any atom is -0.480 e. The van der Waals surface area contributed by atoms with E-state index in [0.717, 1.165) is 33.4 Å². The van der Waals surface area contributed by atoms with Gasteiger partial charge in [0.05, 0.1) is 0 Å². The maximum absolute atomic E-state index is 12.4. The van der Waals surface area contributed by atoms with E-state index >= 15 is 0 Å². The summed E-state index contributed by atoms with van der Waals surface area (Å²) in [6.45, 7) is 6.61. The lowest BCUT2D eigenvalue weighted by Gasteiger charge is -2.19. The lowest BCUT2D eigenvalue weighted by atomic mass is 10.1. The molecule has 0 saturated heterocycles. The standard InChI is InChI=1S/C21H26ClNO2S/c1-4-19(25-20-10-9-15(2)13-16(20)3)21(24)23-11-12-26-14-17-7-5-6-8-18(17)22/h5-10,13,19H,4,11-12,14H2,1-3H3,(H,23,24)/t19-/m0/s1. The van der Waals surface area contributed by atoms with E-state index in [2.05, 4.69) is 11.4 Å². The molecule has 2 aromatic carbocycles. The van der Waals surface area contributed by atoms with Gasteiger partial charge in [0.2, 0.25) is 0 Å². The maximum atomic E-state index is 12.4. The number of hydrogen-bond donors (Lipinski definition) is 1. The molecule has 0 bridgehead atoms. The zero-order chi connectivity index (χ0) is 18.9. The van der Waals surface area contributed by atoms with Crippen LogP contribution in [0.1, 0.15) is 30.0 Å². The molecule has 0 fully saturated rings. The molecule has 0 spiro atoms. The Kier molecular flexibility index (Phi) is 8.33. The number of nitrogens with one attached hydrogen (secondary N) is 1. The number of rotatable bonds is 9. The minimum atomic E-state index is -0.468. The summed E-state index contributed by atoms with van der Waals surface area (Å²) in [4.78, 5) is 12.4. The van der Waals surface area contributed by atoms with Crippen molar-refractivity contribution in [1.82, 2.24) is 5.32 Å². The van der Waals surface area contributed by atoms with Crippen LogP contribution in [0.4, 0.5) is 0 Å². The number of aryl methyl sites for hydroxylation is 2. The van der Waals surface area contributed by atoms with Crippen LogP contribution in [0.5, 0.6) is 5.75 Å². The Morgan fingerprint density at radius 2 is 2.00 bits per heavy atom. The van der Waals surface area contributed by atoms with Crippen LogP contribution in [0.25, 0.3) is 0 Å². The second-order valence-electron chi connectivity index (χ2n) is 6.22. The first-order chi connectivity index (χ1) is 12.5. The smallest absolute Gasteiger partial charge is 0.261 e. The van der Waals surface area contributed by atoms with Gasteiger partial charge in [-0.2, -0.15) is 11.8 Å². The molecule has 5 heteroatoms. The zero-order valence-corrected chi connectivity index (χ0v) is 17.1. The van der Waals surface area contributed by atoms with Crippen LogP contribution in [0.2, 0.25) is 5.02 Å². The van der Waals surface area contributed by atoms with Gasteiger partial charge in [0.15, 0.2) is 6.10 Å². The molecule has 1 atom stereocenters. The highest BCUT2D eigenvalue weighted by atomic mass is 35.5. The Balaban J connectivity index is 1.75. The number of carbonyl (C=O) groups is 1. The van der Waals surface area contributed by atoms with Gasteiger partial charge in [0.25, 0.3) is 5.91 Å². The van der Waals surface area contributed by atoms with E-state index in [9.17, 15) is 4.79 Å². The van der Waals surface area contributed by atoms with Crippen LogP contribution in [-0.4, -0.2) is 24.3 Å². The molecule has 0 aliphatic carbocycles. The summed E-state index contributed by atoms with van der Waals surface area (Å²) >= 11 is 7.90. The predicted molar refractivity (Wildman–Crippen MR) is 111 cm³/mol. The van der Waals surface area contributed by atoms with Gasteiger partial charge in [-0.3, -0.25) is 4.79 Å². The fourth-order valence-corrected chi connectivity index (χ4v) is 3.71. The number of hydrogen-bond acceptors (Lipinski definition) is 3. The van der Waals surface area contributed by atoms with Gasteiger partial charge < -0.3 is 10.1 Å². The normalized spacial score (nSPS) is 11.8.